The van der Waals surface area contributed by atoms with Crippen molar-refractivity contribution >= 4 is 11.6 Å². The van der Waals surface area contributed by atoms with Crippen molar-refractivity contribution in [3.63, 3.8) is 0 Å². The number of halogens is 3. The van der Waals surface area contributed by atoms with Crippen LogP contribution in [0.3, 0.4) is 0 Å². The zero-order valence-electron chi connectivity index (χ0n) is 13.0. The topological polar surface area (TPSA) is 52.9 Å². The Bertz CT molecular complexity index is 611. The van der Waals surface area contributed by atoms with E-state index in [4.69, 9.17) is 0 Å². The molecular weight excluding hydrogens is 309 g/mol. The molecule has 126 valence electrons. The second kappa shape index (κ2) is 6.31. The number of carbonyl (C=O) groups is 1. The van der Waals surface area contributed by atoms with Gasteiger partial charge in [-0.2, -0.15) is 23.3 Å². The molecule has 23 heavy (non-hydrogen) atoms. The van der Waals surface area contributed by atoms with Gasteiger partial charge in [0.1, 0.15) is 0 Å². The number of hydrazone groups is 1. The highest BCUT2D eigenvalue weighted by molar-refractivity contribution is 5.98. The largest absolute Gasteiger partial charge is 0.438 e. The lowest BCUT2D eigenvalue weighted by Gasteiger charge is -2.32. The molecule has 7 heteroatoms. The van der Waals surface area contributed by atoms with Crippen LogP contribution < -0.4 is 0 Å². The van der Waals surface area contributed by atoms with Crippen LogP contribution in [0.1, 0.15) is 48.5 Å². The van der Waals surface area contributed by atoms with Gasteiger partial charge in [0.2, 0.25) is 0 Å². The SMILES string of the molecule is CCCCC1=NN(C(=O)c2ccc(C)cc2)[C@@](O)(C(F)(F)F)C1. The third-order valence-corrected chi connectivity index (χ3v) is 3.81. The second-order valence-electron chi connectivity index (χ2n) is 5.74. The molecule has 0 spiro atoms. The van der Waals surface area contributed by atoms with Gasteiger partial charge in [-0.05, 0) is 31.9 Å². The van der Waals surface area contributed by atoms with Crippen molar-refractivity contribution in [2.75, 3.05) is 0 Å². The molecule has 0 radical (unpaired) electrons. The van der Waals surface area contributed by atoms with Crippen molar-refractivity contribution < 1.29 is 23.1 Å². The minimum absolute atomic E-state index is 0.0544. The highest BCUT2D eigenvalue weighted by atomic mass is 19.4. The summed E-state index contributed by atoms with van der Waals surface area (Å²) in [5.74, 6) is -0.962. The summed E-state index contributed by atoms with van der Waals surface area (Å²) < 4.78 is 39.9. The maximum atomic E-state index is 13.3. The van der Waals surface area contributed by atoms with Gasteiger partial charge in [0.05, 0.1) is 0 Å². The van der Waals surface area contributed by atoms with Gasteiger partial charge < -0.3 is 5.11 Å². The third-order valence-electron chi connectivity index (χ3n) is 3.81. The quantitative estimate of drug-likeness (QED) is 0.917. The van der Waals surface area contributed by atoms with Crippen LogP contribution in [0.5, 0.6) is 0 Å². The summed E-state index contributed by atoms with van der Waals surface area (Å²) in [6.07, 6.45) is -3.92. The van der Waals surface area contributed by atoms with Crippen molar-refractivity contribution in [1.82, 2.24) is 5.01 Å². The van der Waals surface area contributed by atoms with E-state index in [-0.39, 0.29) is 16.3 Å². The smallest absolute Gasteiger partial charge is 0.362 e. The Morgan fingerprint density at radius 2 is 1.96 bits per heavy atom. The summed E-state index contributed by atoms with van der Waals surface area (Å²) in [4.78, 5) is 12.4. The van der Waals surface area contributed by atoms with Gasteiger partial charge in [0.25, 0.3) is 11.6 Å². The number of aryl methyl sites for hydroxylation is 1. The zero-order chi connectivity index (χ0) is 17.3. The fraction of sp³-hybridized carbons (Fsp3) is 0.500. The maximum Gasteiger partial charge on any atom is 0.438 e. The molecule has 0 fully saturated rings. The van der Waals surface area contributed by atoms with E-state index in [0.29, 0.717) is 12.8 Å². The zero-order valence-corrected chi connectivity index (χ0v) is 13.0. The molecule has 0 aromatic heterocycles. The highest BCUT2D eigenvalue weighted by Crippen LogP contribution is 2.41. The minimum atomic E-state index is -4.98. The number of hydrogen-bond acceptors (Lipinski definition) is 3. The molecule has 2 rings (SSSR count). The van der Waals surface area contributed by atoms with E-state index in [1.54, 1.807) is 19.1 Å². The number of aliphatic hydroxyl groups is 1. The van der Waals surface area contributed by atoms with Crippen LogP contribution in [0.4, 0.5) is 13.2 Å². The Labute approximate surface area is 132 Å². The summed E-state index contributed by atoms with van der Waals surface area (Å²) in [5, 5.41) is 14.1. The fourth-order valence-corrected chi connectivity index (χ4v) is 2.39. The van der Waals surface area contributed by atoms with Gasteiger partial charge in [-0.3, -0.25) is 4.79 Å². The molecule has 1 aliphatic rings. The van der Waals surface area contributed by atoms with E-state index < -0.39 is 24.2 Å². The number of hydrogen-bond donors (Lipinski definition) is 1. The van der Waals surface area contributed by atoms with E-state index in [0.717, 1.165) is 12.0 Å². The Kier molecular flexibility index (Phi) is 4.79. The second-order valence-corrected chi connectivity index (χ2v) is 5.74. The Hall–Kier alpha value is -1.89. The van der Waals surface area contributed by atoms with Crippen LogP contribution >= 0.6 is 0 Å². The number of rotatable bonds is 4. The molecule has 0 saturated heterocycles. The number of benzene rings is 1. The van der Waals surface area contributed by atoms with E-state index in [1.165, 1.54) is 12.1 Å². The first kappa shape index (κ1) is 17.5. The third kappa shape index (κ3) is 3.39. The molecule has 0 unspecified atom stereocenters. The summed E-state index contributed by atoms with van der Waals surface area (Å²) in [7, 11) is 0. The van der Waals surface area contributed by atoms with Crippen molar-refractivity contribution in [3.05, 3.63) is 35.4 Å². The lowest BCUT2D eigenvalue weighted by Crippen LogP contribution is -2.56. The fourth-order valence-electron chi connectivity index (χ4n) is 2.39. The number of carbonyl (C=O) groups excluding carboxylic acids is 1. The summed E-state index contributed by atoms with van der Waals surface area (Å²) in [6, 6.07) is 6.09. The van der Waals surface area contributed by atoms with Gasteiger partial charge in [0, 0.05) is 17.7 Å². The minimum Gasteiger partial charge on any atom is -0.362 e. The van der Waals surface area contributed by atoms with Crippen molar-refractivity contribution in [2.24, 2.45) is 5.10 Å². The molecule has 4 nitrogen and oxygen atoms in total. The maximum absolute atomic E-state index is 13.3. The van der Waals surface area contributed by atoms with Gasteiger partial charge in [-0.1, -0.05) is 31.0 Å². The number of nitrogens with zero attached hydrogens (tertiary/aromatic N) is 2. The van der Waals surface area contributed by atoms with Gasteiger partial charge in [0.15, 0.2) is 0 Å². The average molecular weight is 328 g/mol. The monoisotopic (exact) mass is 328 g/mol. The van der Waals surface area contributed by atoms with Gasteiger partial charge in [-0.25, -0.2) is 0 Å². The van der Waals surface area contributed by atoms with E-state index in [2.05, 4.69) is 5.10 Å². The number of alkyl halides is 3. The average Bonchev–Trinajstić information content (AvgIpc) is 2.83. The summed E-state index contributed by atoms with van der Waals surface area (Å²) in [5.41, 5.74) is -2.16. The lowest BCUT2D eigenvalue weighted by atomic mass is 10.0. The van der Waals surface area contributed by atoms with Crippen molar-refractivity contribution in [1.29, 1.82) is 0 Å². The van der Waals surface area contributed by atoms with E-state index in [9.17, 15) is 23.1 Å². The normalized spacial score (nSPS) is 21.5. The predicted octanol–water partition coefficient (Wildman–Crippen LogP) is 3.64. The van der Waals surface area contributed by atoms with Crippen molar-refractivity contribution in [2.45, 2.75) is 51.4 Å². The van der Waals surface area contributed by atoms with Crippen molar-refractivity contribution in [3.8, 4) is 0 Å². The lowest BCUT2D eigenvalue weighted by molar-refractivity contribution is -0.297. The molecule has 1 aromatic carbocycles. The molecule has 1 amide bonds. The highest BCUT2D eigenvalue weighted by Gasteiger charge is 2.63. The van der Waals surface area contributed by atoms with Gasteiger partial charge >= 0.3 is 6.18 Å². The first-order valence-electron chi connectivity index (χ1n) is 7.45. The van der Waals surface area contributed by atoms with E-state index in [1.807, 2.05) is 6.92 Å². The Balaban J connectivity index is 2.35. The van der Waals surface area contributed by atoms with Gasteiger partial charge in [-0.15, -0.1) is 0 Å². The number of unbranched alkanes of at least 4 members (excludes halogenated alkanes) is 1. The number of amides is 1. The van der Waals surface area contributed by atoms with Crippen LogP contribution in [0.25, 0.3) is 0 Å². The molecule has 1 heterocycles. The molecule has 1 aliphatic heterocycles. The van der Waals surface area contributed by atoms with E-state index >= 15 is 0 Å². The molecule has 0 saturated carbocycles. The first-order chi connectivity index (χ1) is 10.7. The first-order valence-corrected chi connectivity index (χ1v) is 7.45. The molecular formula is C16H19F3N2O2. The van der Waals surface area contributed by atoms with Crippen LogP contribution in [-0.4, -0.2) is 33.6 Å². The van der Waals surface area contributed by atoms with Crippen LogP contribution in [0.2, 0.25) is 0 Å². The summed E-state index contributed by atoms with van der Waals surface area (Å²) in [6.45, 7) is 3.71. The molecule has 1 N–H and O–H groups in total. The van der Waals surface area contributed by atoms with Crippen LogP contribution in [0.15, 0.2) is 29.4 Å². The standard InChI is InChI=1S/C16H19F3N2O2/c1-3-4-5-13-10-15(23,16(17,18)19)21(20-13)14(22)12-8-6-11(2)7-9-12/h6-9,23H,3-5,10H2,1-2H3/t15-/m0/s1. The van der Waals surface area contributed by atoms with Crippen LogP contribution in [0, 0.1) is 6.92 Å². The summed E-state index contributed by atoms with van der Waals surface area (Å²) >= 11 is 0. The Morgan fingerprint density at radius 3 is 2.48 bits per heavy atom. The predicted molar refractivity (Wildman–Crippen MR) is 79.9 cm³/mol. The Morgan fingerprint density at radius 1 is 1.35 bits per heavy atom. The molecule has 0 aliphatic carbocycles. The van der Waals surface area contributed by atoms with Crippen LogP contribution in [-0.2, 0) is 0 Å². The molecule has 1 atom stereocenters. The molecule has 1 aromatic rings. The molecule has 0 bridgehead atoms.